The molecule has 0 aromatic carbocycles. The van der Waals surface area contributed by atoms with Gasteiger partial charge in [-0.3, -0.25) is 4.98 Å². The molecular formula is C17H24N4O2S. The second-order valence-corrected chi connectivity index (χ2v) is 6.25. The smallest absolute Gasteiger partial charge is 0.317 e. The van der Waals surface area contributed by atoms with Gasteiger partial charge in [-0.1, -0.05) is 0 Å². The maximum absolute atomic E-state index is 11.9. The number of aryl methyl sites for hydroxylation is 1. The number of ether oxygens (including phenoxy) is 1. The van der Waals surface area contributed by atoms with Crippen molar-refractivity contribution in [2.24, 2.45) is 0 Å². The predicted octanol–water partition coefficient (Wildman–Crippen LogP) is 3.02. The van der Waals surface area contributed by atoms with Crippen LogP contribution in [-0.2, 0) is 13.0 Å². The largest absolute Gasteiger partial charge is 0.485 e. The molecule has 1 N–H and O–H groups in total. The second kappa shape index (κ2) is 9.22. The van der Waals surface area contributed by atoms with Crippen molar-refractivity contribution in [1.29, 1.82) is 0 Å². The summed E-state index contributed by atoms with van der Waals surface area (Å²) in [6, 6.07) is 3.80. The fraction of sp³-hybridized carbons (Fsp3) is 0.471. The van der Waals surface area contributed by atoms with Crippen LogP contribution in [0.15, 0.2) is 23.7 Å². The first-order valence-electron chi connectivity index (χ1n) is 8.13. The molecule has 0 aliphatic carbocycles. The summed E-state index contributed by atoms with van der Waals surface area (Å²) in [5.74, 6) is 0.740. The van der Waals surface area contributed by atoms with E-state index in [4.69, 9.17) is 4.74 Å². The molecule has 130 valence electrons. The van der Waals surface area contributed by atoms with Crippen molar-refractivity contribution in [3.63, 3.8) is 0 Å². The van der Waals surface area contributed by atoms with Crippen LogP contribution in [0, 0.1) is 6.92 Å². The highest BCUT2D eigenvalue weighted by Gasteiger charge is 2.09. The molecule has 0 aliphatic heterocycles. The molecule has 0 aliphatic rings. The highest BCUT2D eigenvalue weighted by molar-refractivity contribution is 7.09. The number of carbonyl (C=O) groups excluding carboxylic acids is 1. The van der Waals surface area contributed by atoms with E-state index in [-0.39, 0.29) is 6.03 Å². The van der Waals surface area contributed by atoms with E-state index in [0.29, 0.717) is 26.2 Å². The number of urea groups is 1. The molecular weight excluding hydrogens is 324 g/mol. The molecule has 2 rings (SSSR count). The molecule has 24 heavy (non-hydrogen) atoms. The van der Waals surface area contributed by atoms with Crippen LogP contribution in [0.5, 0.6) is 5.75 Å². The lowest BCUT2D eigenvalue weighted by Gasteiger charge is -2.18. The number of hydrogen-bond acceptors (Lipinski definition) is 5. The highest BCUT2D eigenvalue weighted by Crippen LogP contribution is 2.15. The third-order valence-corrected chi connectivity index (χ3v) is 4.43. The standard InChI is InChI=1S/C17H24N4O2S/c1-4-21(5-2)17(22)18-9-8-14-12-24-16(20-14)11-23-15-7-6-13(3)19-10-15/h6-7,10,12H,4-5,8-9,11H2,1-3H3,(H,18,22). The number of aromatic nitrogens is 2. The van der Waals surface area contributed by atoms with Crippen molar-refractivity contribution in [3.05, 3.63) is 40.1 Å². The van der Waals surface area contributed by atoms with E-state index >= 15 is 0 Å². The number of nitrogens with zero attached hydrogens (tertiary/aromatic N) is 3. The number of nitrogens with one attached hydrogen (secondary N) is 1. The number of amides is 2. The summed E-state index contributed by atoms with van der Waals surface area (Å²) in [4.78, 5) is 22.3. The molecule has 0 saturated carbocycles. The first-order valence-corrected chi connectivity index (χ1v) is 9.01. The Morgan fingerprint density at radius 1 is 1.33 bits per heavy atom. The van der Waals surface area contributed by atoms with Gasteiger partial charge in [0.1, 0.15) is 17.4 Å². The molecule has 2 heterocycles. The lowest BCUT2D eigenvalue weighted by atomic mass is 10.3. The molecule has 6 nitrogen and oxygen atoms in total. The number of hydrogen-bond donors (Lipinski definition) is 1. The van der Waals surface area contributed by atoms with Crippen molar-refractivity contribution in [2.45, 2.75) is 33.8 Å². The SMILES string of the molecule is CCN(CC)C(=O)NCCc1csc(COc2ccc(C)nc2)n1. The summed E-state index contributed by atoms with van der Waals surface area (Å²) >= 11 is 1.57. The number of rotatable bonds is 8. The third-order valence-electron chi connectivity index (χ3n) is 3.55. The van der Waals surface area contributed by atoms with Gasteiger partial charge in [0.2, 0.25) is 0 Å². The zero-order valence-corrected chi connectivity index (χ0v) is 15.2. The van der Waals surface area contributed by atoms with Gasteiger partial charge in [0.15, 0.2) is 0 Å². The Morgan fingerprint density at radius 3 is 2.79 bits per heavy atom. The van der Waals surface area contributed by atoms with E-state index in [1.807, 2.05) is 38.3 Å². The van der Waals surface area contributed by atoms with Gasteiger partial charge in [0.05, 0.1) is 11.9 Å². The van der Waals surface area contributed by atoms with Crippen LogP contribution in [0.1, 0.15) is 30.2 Å². The molecule has 0 spiro atoms. The summed E-state index contributed by atoms with van der Waals surface area (Å²) in [6.07, 6.45) is 2.43. The van der Waals surface area contributed by atoms with E-state index in [2.05, 4.69) is 15.3 Å². The molecule has 0 fully saturated rings. The maximum Gasteiger partial charge on any atom is 0.317 e. The maximum atomic E-state index is 11.9. The molecule has 2 aromatic rings. The van der Waals surface area contributed by atoms with E-state index in [0.717, 1.165) is 28.6 Å². The van der Waals surface area contributed by atoms with Crippen LogP contribution >= 0.6 is 11.3 Å². The predicted molar refractivity (Wildman–Crippen MR) is 95.4 cm³/mol. The normalized spacial score (nSPS) is 10.5. The third kappa shape index (κ3) is 5.49. The summed E-state index contributed by atoms with van der Waals surface area (Å²) < 4.78 is 5.67. The molecule has 0 radical (unpaired) electrons. The van der Waals surface area contributed by atoms with Crippen molar-refractivity contribution in [2.75, 3.05) is 19.6 Å². The number of carbonyl (C=O) groups is 1. The minimum absolute atomic E-state index is 0.0225. The van der Waals surface area contributed by atoms with Crippen molar-refractivity contribution in [1.82, 2.24) is 20.2 Å². The zero-order chi connectivity index (χ0) is 17.4. The Bertz CT molecular complexity index is 638. The minimum atomic E-state index is -0.0225. The van der Waals surface area contributed by atoms with Gasteiger partial charge in [0, 0.05) is 37.1 Å². The molecule has 2 aromatic heterocycles. The summed E-state index contributed by atoms with van der Waals surface area (Å²) in [7, 11) is 0. The van der Waals surface area contributed by atoms with E-state index in [9.17, 15) is 4.79 Å². The van der Waals surface area contributed by atoms with E-state index in [1.54, 1.807) is 22.4 Å². The summed E-state index contributed by atoms with van der Waals surface area (Å²) in [5, 5.41) is 5.84. The zero-order valence-electron chi connectivity index (χ0n) is 14.4. The van der Waals surface area contributed by atoms with Crippen LogP contribution in [-0.4, -0.2) is 40.5 Å². The minimum Gasteiger partial charge on any atom is -0.485 e. The fourth-order valence-electron chi connectivity index (χ4n) is 2.13. The summed E-state index contributed by atoms with van der Waals surface area (Å²) in [5.41, 5.74) is 1.94. The average Bonchev–Trinajstić information content (AvgIpc) is 3.03. The van der Waals surface area contributed by atoms with Gasteiger partial charge < -0.3 is 15.0 Å². The number of thiazole rings is 1. The van der Waals surface area contributed by atoms with Crippen LogP contribution < -0.4 is 10.1 Å². The first-order chi connectivity index (χ1) is 11.6. The molecule has 7 heteroatoms. The van der Waals surface area contributed by atoms with Crippen LogP contribution in [0.25, 0.3) is 0 Å². The van der Waals surface area contributed by atoms with Crippen molar-refractivity contribution < 1.29 is 9.53 Å². The van der Waals surface area contributed by atoms with Gasteiger partial charge in [-0.2, -0.15) is 0 Å². The molecule has 0 unspecified atom stereocenters. The lowest BCUT2D eigenvalue weighted by Crippen LogP contribution is -2.40. The molecule has 2 amide bonds. The van der Waals surface area contributed by atoms with Crippen LogP contribution in [0.4, 0.5) is 4.79 Å². The Labute approximate surface area is 146 Å². The quantitative estimate of drug-likeness (QED) is 0.796. The molecule has 0 atom stereocenters. The fourth-order valence-corrected chi connectivity index (χ4v) is 2.87. The topological polar surface area (TPSA) is 67.4 Å². The second-order valence-electron chi connectivity index (χ2n) is 5.31. The van der Waals surface area contributed by atoms with Gasteiger partial charge in [0.25, 0.3) is 0 Å². The van der Waals surface area contributed by atoms with Gasteiger partial charge in [-0.15, -0.1) is 11.3 Å². The van der Waals surface area contributed by atoms with Gasteiger partial charge in [-0.05, 0) is 32.9 Å². The molecule has 0 bridgehead atoms. The Balaban J connectivity index is 1.74. The first kappa shape index (κ1) is 18.2. The van der Waals surface area contributed by atoms with Crippen LogP contribution in [0.3, 0.4) is 0 Å². The van der Waals surface area contributed by atoms with Crippen LogP contribution in [0.2, 0.25) is 0 Å². The van der Waals surface area contributed by atoms with Gasteiger partial charge in [-0.25, -0.2) is 9.78 Å². The highest BCUT2D eigenvalue weighted by atomic mass is 32.1. The molecule has 0 saturated heterocycles. The Morgan fingerprint density at radius 2 is 2.12 bits per heavy atom. The van der Waals surface area contributed by atoms with E-state index in [1.165, 1.54) is 0 Å². The van der Waals surface area contributed by atoms with E-state index < -0.39 is 0 Å². The van der Waals surface area contributed by atoms with Crippen molar-refractivity contribution >= 4 is 17.4 Å². The summed E-state index contributed by atoms with van der Waals surface area (Å²) in [6.45, 7) is 8.33. The van der Waals surface area contributed by atoms with Gasteiger partial charge >= 0.3 is 6.03 Å². The monoisotopic (exact) mass is 348 g/mol. The Kier molecular flexibility index (Phi) is 6.99. The number of pyridine rings is 1. The Hall–Kier alpha value is -2.15. The lowest BCUT2D eigenvalue weighted by molar-refractivity contribution is 0.203. The van der Waals surface area contributed by atoms with Crippen molar-refractivity contribution in [3.8, 4) is 5.75 Å². The average molecular weight is 348 g/mol.